The molecule has 0 aliphatic carbocycles. The molecule has 6 nitrogen and oxygen atoms in total. The minimum Gasteiger partial charge on any atom is -0.462 e. The topological polar surface area (TPSA) is 84.3 Å². The molecule has 0 saturated heterocycles. The van der Waals surface area contributed by atoms with E-state index in [1.54, 1.807) is 25.3 Å². The van der Waals surface area contributed by atoms with Gasteiger partial charge in [-0.2, -0.15) is 0 Å². The minimum absolute atomic E-state index is 0.0514. The van der Waals surface area contributed by atoms with E-state index in [0.29, 0.717) is 30.2 Å². The zero-order valence-corrected chi connectivity index (χ0v) is 10.6. The third-order valence-corrected chi connectivity index (χ3v) is 2.49. The molecule has 0 saturated carbocycles. The van der Waals surface area contributed by atoms with E-state index < -0.39 is 5.97 Å². The van der Waals surface area contributed by atoms with Crippen molar-refractivity contribution in [1.29, 1.82) is 0 Å². The Morgan fingerprint density at radius 3 is 3.11 bits per heavy atom. The highest BCUT2D eigenvalue weighted by molar-refractivity contribution is 5.98. The fraction of sp³-hybridized carbons (Fsp3) is 0.308. The van der Waals surface area contributed by atoms with Gasteiger partial charge >= 0.3 is 5.97 Å². The van der Waals surface area contributed by atoms with Gasteiger partial charge < -0.3 is 15.2 Å². The lowest BCUT2D eigenvalue weighted by Gasteiger charge is -2.10. The molecule has 19 heavy (non-hydrogen) atoms. The second-order valence-electron chi connectivity index (χ2n) is 3.81. The minimum atomic E-state index is -0.443. The molecule has 0 spiro atoms. The average Bonchev–Trinajstić information content (AvgIpc) is 2.44. The van der Waals surface area contributed by atoms with Gasteiger partial charge in [-0.25, -0.2) is 14.8 Å². The van der Waals surface area contributed by atoms with Gasteiger partial charge in [0.05, 0.1) is 13.2 Å². The van der Waals surface area contributed by atoms with Crippen molar-refractivity contribution in [2.75, 3.05) is 25.1 Å². The molecule has 100 valence electrons. The maximum atomic E-state index is 11.9. The van der Waals surface area contributed by atoms with Gasteiger partial charge in [-0.3, -0.25) is 0 Å². The summed E-state index contributed by atoms with van der Waals surface area (Å²) in [4.78, 5) is 20.3. The van der Waals surface area contributed by atoms with Crippen molar-refractivity contribution in [3.8, 4) is 0 Å². The van der Waals surface area contributed by atoms with Crippen LogP contribution < -0.4 is 5.32 Å². The van der Waals surface area contributed by atoms with Gasteiger partial charge in [0.25, 0.3) is 0 Å². The zero-order valence-electron chi connectivity index (χ0n) is 10.6. The fourth-order valence-electron chi connectivity index (χ4n) is 1.68. The predicted molar refractivity (Wildman–Crippen MR) is 71.1 cm³/mol. The summed E-state index contributed by atoms with van der Waals surface area (Å²) in [6.45, 7) is 2.29. The first-order valence-electron chi connectivity index (χ1n) is 6.04. The number of esters is 1. The van der Waals surface area contributed by atoms with Crippen LogP contribution in [0, 0.1) is 0 Å². The number of aromatic nitrogens is 2. The van der Waals surface area contributed by atoms with Gasteiger partial charge in [0.15, 0.2) is 5.65 Å². The van der Waals surface area contributed by atoms with Crippen LogP contribution in [0.4, 0.5) is 5.82 Å². The van der Waals surface area contributed by atoms with Crippen molar-refractivity contribution >= 4 is 22.8 Å². The summed E-state index contributed by atoms with van der Waals surface area (Å²) in [6.07, 6.45) is 1.63. The number of anilines is 1. The molecule has 2 heterocycles. The summed E-state index contributed by atoms with van der Waals surface area (Å²) in [5.41, 5.74) is 0.881. The van der Waals surface area contributed by atoms with E-state index in [1.165, 1.54) is 0 Å². The highest BCUT2D eigenvalue weighted by Crippen LogP contribution is 2.19. The smallest absolute Gasteiger partial charge is 0.341 e. The third kappa shape index (κ3) is 2.97. The van der Waals surface area contributed by atoms with Crippen LogP contribution in [0.15, 0.2) is 24.4 Å². The Morgan fingerprint density at radius 2 is 2.37 bits per heavy atom. The van der Waals surface area contributed by atoms with Crippen molar-refractivity contribution in [3.63, 3.8) is 0 Å². The summed E-state index contributed by atoms with van der Waals surface area (Å²) in [5, 5.41) is 12.5. The Hall–Kier alpha value is -2.21. The number of rotatable bonds is 5. The third-order valence-electron chi connectivity index (χ3n) is 2.49. The van der Waals surface area contributed by atoms with Gasteiger partial charge in [-0.15, -0.1) is 0 Å². The van der Waals surface area contributed by atoms with Crippen molar-refractivity contribution in [3.05, 3.63) is 30.0 Å². The summed E-state index contributed by atoms with van der Waals surface area (Å²) >= 11 is 0. The number of carbonyl (C=O) groups excluding carboxylic acids is 1. The summed E-state index contributed by atoms with van der Waals surface area (Å²) in [7, 11) is 0. The van der Waals surface area contributed by atoms with Gasteiger partial charge in [-0.1, -0.05) is 0 Å². The van der Waals surface area contributed by atoms with Crippen molar-refractivity contribution in [2.45, 2.75) is 6.92 Å². The lowest BCUT2D eigenvalue weighted by molar-refractivity contribution is 0.0527. The van der Waals surface area contributed by atoms with E-state index in [4.69, 9.17) is 9.84 Å². The van der Waals surface area contributed by atoms with Crippen LogP contribution in [0.5, 0.6) is 0 Å². The van der Waals surface area contributed by atoms with Crippen LogP contribution in [-0.2, 0) is 4.74 Å². The molecule has 0 amide bonds. The normalized spacial score (nSPS) is 10.4. The molecular formula is C13H15N3O3. The Morgan fingerprint density at radius 1 is 1.53 bits per heavy atom. The number of nitrogens with one attached hydrogen (secondary N) is 1. The molecule has 0 atom stereocenters. The van der Waals surface area contributed by atoms with E-state index in [9.17, 15) is 4.79 Å². The Labute approximate surface area is 110 Å². The highest BCUT2D eigenvalue weighted by Gasteiger charge is 2.15. The number of aliphatic hydroxyl groups excluding tert-OH is 1. The number of nitrogens with zero attached hydrogens (tertiary/aromatic N) is 2. The number of aliphatic hydroxyl groups is 1. The Balaban J connectivity index is 2.47. The van der Waals surface area contributed by atoms with Crippen LogP contribution >= 0.6 is 0 Å². The van der Waals surface area contributed by atoms with Crippen LogP contribution in [0.3, 0.4) is 0 Å². The molecule has 0 aliphatic heterocycles. The SMILES string of the molecule is CCOC(=O)c1cc2cccnc2nc1NCCO. The average molecular weight is 261 g/mol. The molecule has 0 unspecified atom stereocenters. The first-order chi connectivity index (χ1) is 9.26. The van der Waals surface area contributed by atoms with Crippen LogP contribution in [0.1, 0.15) is 17.3 Å². The number of hydrogen-bond donors (Lipinski definition) is 2. The molecule has 0 radical (unpaired) electrons. The molecule has 0 bridgehead atoms. The number of pyridine rings is 2. The molecular weight excluding hydrogens is 246 g/mol. The maximum Gasteiger partial charge on any atom is 0.341 e. The molecule has 2 aromatic rings. The summed E-state index contributed by atoms with van der Waals surface area (Å²) < 4.78 is 5.00. The highest BCUT2D eigenvalue weighted by atomic mass is 16.5. The molecule has 0 aromatic carbocycles. The van der Waals surface area contributed by atoms with E-state index >= 15 is 0 Å². The molecule has 2 aromatic heterocycles. The first-order valence-corrected chi connectivity index (χ1v) is 6.04. The van der Waals surface area contributed by atoms with Crippen LogP contribution in [0.25, 0.3) is 11.0 Å². The first kappa shape index (κ1) is 13.2. The zero-order chi connectivity index (χ0) is 13.7. The molecule has 2 N–H and O–H groups in total. The van der Waals surface area contributed by atoms with Gasteiger partial charge in [-0.05, 0) is 25.1 Å². The predicted octanol–water partition coefficient (Wildman–Crippen LogP) is 1.21. The quantitative estimate of drug-likeness (QED) is 0.787. The van der Waals surface area contributed by atoms with Crippen LogP contribution in [0.2, 0.25) is 0 Å². The number of hydrogen-bond acceptors (Lipinski definition) is 6. The largest absolute Gasteiger partial charge is 0.462 e. The molecule has 0 aliphatic rings. The van der Waals surface area contributed by atoms with E-state index in [2.05, 4.69) is 15.3 Å². The monoisotopic (exact) mass is 261 g/mol. The molecule has 2 rings (SSSR count). The second kappa shape index (κ2) is 6.10. The van der Waals surface area contributed by atoms with Crippen LogP contribution in [-0.4, -0.2) is 40.8 Å². The van der Waals surface area contributed by atoms with Crippen molar-refractivity contribution < 1.29 is 14.6 Å². The number of ether oxygens (including phenoxy) is 1. The summed E-state index contributed by atoms with van der Waals surface area (Å²) in [5.74, 6) is -0.0695. The van der Waals surface area contributed by atoms with Gasteiger partial charge in [0.1, 0.15) is 11.4 Å². The molecule has 0 fully saturated rings. The van der Waals surface area contributed by atoms with Crippen molar-refractivity contribution in [2.24, 2.45) is 0 Å². The van der Waals surface area contributed by atoms with Gasteiger partial charge in [0.2, 0.25) is 0 Å². The fourth-order valence-corrected chi connectivity index (χ4v) is 1.68. The lowest BCUT2D eigenvalue weighted by Crippen LogP contribution is -2.14. The Kier molecular flexibility index (Phi) is 4.25. The van der Waals surface area contributed by atoms with Gasteiger partial charge in [0, 0.05) is 18.1 Å². The second-order valence-corrected chi connectivity index (χ2v) is 3.81. The molecule has 6 heteroatoms. The van der Waals surface area contributed by atoms with E-state index in [0.717, 1.165) is 5.39 Å². The maximum absolute atomic E-state index is 11.9. The van der Waals surface area contributed by atoms with E-state index in [1.807, 2.05) is 6.07 Å². The van der Waals surface area contributed by atoms with Crippen molar-refractivity contribution in [1.82, 2.24) is 9.97 Å². The summed E-state index contributed by atoms with van der Waals surface area (Å²) in [6, 6.07) is 5.29. The number of carbonyl (C=O) groups is 1. The standard InChI is InChI=1S/C13H15N3O3/c1-2-19-13(18)10-8-9-4-3-5-14-11(9)16-12(10)15-6-7-17/h3-5,8,17H,2,6-7H2,1H3,(H,14,15,16). The number of fused-ring (bicyclic) bond motifs is 1. The Bertz CT molecular complexity index is 586. The van der Waals surface area contributed by atoms with E-state index in [-0.39, 0.29) is 6.61 Å². The lowest BCUT2D eigenvalue weighted by atomic mass is 10.2.